The molecule has 1 aromatic heterocycles. The molecule has 1 aromatic carbocycles. The van der Waals surface area contributed by atoms with E-state index >= 15 is 0 Å². The van der Waals surface area contributed by atoms with Crippen LogP contribution in [0.3, 0.4) is 0 Å². The molecule has 0 amide bonds. The van der Waals surface area contributed by atoms with Crippen molar-refractivity contribution >= 4 is 11.3 Å². The Morgan fingerprint density at radius 2 is 1.72 bits per heavy atom. The van der Waals surface area contributed by atoms with E-state index in [0.29, 0.717) is 5.92 Å². The number of aromatic nitrogens is 1. The van der Waals surface area contributed by atoms with Crippen LogP contribution in [-0.2, 0) is 0 Å². The second-order valence-corrected chi connectivity index (χ2v) is 8.57. The second-order valence-electron chi connectivity index (χ2n) is 7.71. The fraction of sp³-hybridized carbons (Fsp3) is 0.609. The van der Waals surface area contributed by atoms with E-state index in [4.69, 9.17) is 4.98 Å². The van der Waals surface area contributed by atoms with Crippen LogP contribution in [0.5, 0.6) is 0 Å². The van der Waals surface area contributed by atoms with Crippen LogP contribution >= 0.6 is 11.3 Å². The maximum absolute atomic E-state index is 5.10. The van der Waals surface area contributed by atoms with Crippen molar-refractivity contribution in [2.45, 2.75) is 77.6 Å². The Labute approximate surface area is 157 Å². The van der Waals surface area contributed by atoms with Crippen molar-refractivity contribution in [3.8, 4) is 10.6 Å². The summed E-state index contributed by atoms with van der Waals surface area (Å²) >= 11 is 1.83. The Kier molecular flexibility index (Phi) is 7.10. The molecule has 1 saturated carbocycles. The van der Waals surface area contributed by atoms with Gasteiger partial charge in [0, 0.05) is 16.9 Å². The zero-order valence-electron chi connectivity index (χ0n) is 15.9. The maximum Gasteiger partial charge on any atom is 0.123 e. The molecule has 2 heteroatoms. The van der Waals surface area contributed by atoms with Gasteiger partial charge in [-0.25, -0.2) is 4.98 Å². The molecular weight excluding hydrogens is 322 g/mol. The SMILES string of the molecule is CCC(CC)CCC(c1csc(-c2ccccc2)n1)C1CCCCC1. The molecule has 1 nitrogen and oxygen atoms in total. The lowest BCUT2D eigenvalue weighted by molar-refractivity contribution is 0.274. The maximum atomic E-state index is 5.10. The van der Waals surface area contributed by atoms with Gasteiger partial charge in [-0.1, -0.05) is 76.3 Å². The minimum atomic E-state index is 0.676. The van der Waals surface area contributed by atoms with Crippen LogP contribution in [0, 0.1) is 11.8 Å². The average molecular weight is 356 g/mol. The molecule has 0 radical (unpaired) electrons. The van der Waals surface area contributed by atoms with Crippen LogP contribution in [-0.4, -0.2) is 4.98 Å². The van der Waals surface area contributed by atoms with Gasteiger partial charge < -0.3 is 0 Å². The Bertz CT molecular complexity index is 608. The van der Waals surface area contributed by atoms with Gasteiger partial charge in [0.1, 0.15) is 5.01 Å². The molecule has 1 aliphatic rings. The smallest absolute Gasteiger partial charge is 0.123 e. The van der Waals surface area contributed by atoms with Gasteiger partial charge in [0.2, 0.25) is 0 Å². The fourth-order valence-corrected chi connectivity index (χ4v) is 5.33. The minimum absolute atomic E-state index is 0.676. The summed E-state index contributed by atoms with van der Waals surface area (Å²) in [6.45, 7) is 4.69. The van der Waals surface area contributed by atoms with Crippen LogP contribution in [0.25, 0.3) is 10.6 Å². The lowest BCUT2D eigenvalue weighted by Crippen LogP contribution is -2.18. The Morgan fingerprint density at radius 1 is 1.00 bits per heavy atom. The van der Waals surface area contributed by atoms with Gasteiger partial charge in [0.05, 0.1) is 5.69 Å². The first-order valence-electron chi connectivity index (χ1n) is 10.3. The summed E-state index contributed by atoms with van der Waals surface area (Å²) < 4.78 is 0. The van der Waals surface area contributed by atoms with Crippen molar-refractivity contribution in [2.75, 3.05) is 0 Å². The zero-order valence-corrected chi connectivity index (χ0v) is 16.7. The number of hydrogen-bond acceptors (Lipinski definition) is 2. The third kappa shape index (κ3) is 4.94. The third-order valence-electron chi connectivity index (χ3n) is 6.18. The molecule has 1 fully saturated rings. The summed E-state index contributed by atoms with van der Waals surface area (Å²) in [5.74, 6) is 2.42. The van der Waals surface area contributed by atoms with Gasteiger partial charge in [0.15, 0.2) is 0 Å². The molecule has 0 saturated heterocycles. The van der Waals surface area contributed by atoms with Crippen LogP contribution in [0.1, 0.15) is 83.2 Å². The van der Waals surface area contributed by atoms with Crippen molar-refractivity contribution in [2.24, 2.45) is 11.8 Å². The van der Waals surface area contributed by atoms with Gasteiger partial charge in [0.25, 0.3) is 0 Å². The molecule has 3 rings (SSSR count). The molecular formula is C23H33NS. The standard InChI is InChI=1S/C23H33NS/c1-3-18(4-2)15-16-21(19-11-7-5-8-12-19)22-17-25-23(24-22)20-13-9-6-10-14-20/h6,9-10,13-14,17-19,21H,3-5,7-8,11-12,15-16H2,1-2H3. The predicted molar refractivity (Wildman–Crippen MR) is 110 cm³/mol. The largest absolute Gasteiger partial charge is 0.241 e. The molecule has 1 heterocycles. The summed E-state index contributed by atoms with van der Waals surface area (Å²) in [6, 6.07) is 10.7. The van der Waals surface area contributed by atoms with E-state index in [0.717, 1.165) is 11.8 Å². The summed E-state index contributed by atoms with van der Waals surface area (Å²) in [5, 5.41) is 3.55. The molecule has 1 aliphatic carbocycles. The highest BCUT2D eigenvalue weighted by Crippen LogP contribution is 2.41. The minimum Gasteiger partial charge on any atom is -0.241 e. The first-order valence-corrected chi connectivity index (χ1v) is 11.2. The van der Waals surface area contributed by atoms with Crippen molar-refractivity contribution in [3.63, 3.8) is 0 Å². The van der Waals surface area contributed by atoms with Gasteiger partial charge in [-0.2, -0.15) is 0 Å². The van der Waals surface area contributed by atoms with Crippen LogP contribution in [0.2, 0.25) is 0 Å². The number of nitrogens with zero attached hydrogens (tertiary/aromatic N) is 1. The van der Waals surface area contributed by atoms with E-state index in [1.165, 1.54) is 74.1 Å². The van der Waals surface area contributed by atoms with Crippen molar-refractivity contribution in [1.82, 2.24) is 4.98 Å². The monoisotopic (exact) mass is 355 g/mol. The van der Waals surface area contributed by atoms with E-state index < -0.39 is 0 Å². The molecule has 0 aliphatic heterocycles. The molecule has 0 N–H and O–H groups in total. The van der Waals surface area contributed by atoms with E-state index in [-0.39, 0.29) is 0 Å². The molecule has 1 atom stereocenters. The van der Waals surface area contributed by atoms with Crippen molar-refractivity contribution in [3.05, 3.63) is 41.4 Å². The summed E-state index contributed by atoms with van der Waals surface area (Å²) in [6.07, 6.45) is 12.4. The van der Waals surface area contributed by atoms with Crippen LogP contribution in [0.4, 0.5) is 0 Å². The quantitative estimate of drug-likeness (QED) is 0.473. The van der Waals surface area contributed by atoms with Crippen molar-refractivity contribution < 1.29 is 0 Å². The highest BCUT2D eigenvalue weighted by atomic mass is 32.1. The van der Waals surface area contributed by atoms with Crippen molar-refractivity contribution in [1.29, 1.82) is 0 Å². The van der Waals surface area contributed by atoms with Crippen LogP contribution < -0.4 is 0 Å². The Hall–Kier alpha value is -1.15. The van der Waals surface area contributed by atoms with E-state index in [1.54, 1.807) is 0 Å². The molecule has 25 heavy (non-hydrogen) atoms. The molecule has 0 bridgehead atoms. The number of rotatable bonds is 8. The second kappa shape index (κ2) is 9.52. The summed E-state index contributed by atoms with van der Waals surface area (Å²) in [7, 11) is 0. The average Bonchev–Trinajstić information content (AvgIpc) is 3.16. The fourth-order valence-electron chi connectivity index (χ4n) is 4.44. The van der Waals surface area contributed by atoms with E-state index in [2.05, 4.69) is 49.6 Å². The van der Waals surface area contributed by atoms with Gasteiger partial charge >= 0.3 is 0 Å². The molecule has 0 spiro atoms. The predicted octanol–water partition coefficient (Wildman–Crippen LogP) is 7.69. The van der Waals surface area contributed by atoms with Crippen LogP contribution in [0.15, 0.2) is 35.7 Å². The molecule has 136 valence electrons. The zero-order chi connectivity index (χ0) is 17.5. The first kappa shape index (κ1) is 18.6. The van der Waals surface area contributed by atoms with Gasteiger partial charge in [-0.3, -0.25) is 0 Å². The normalized spacial score (nSPS) is 17.1. The molecule has 2 aromatic rings. The summed E-state index contributed by atoms with van der Waals surface area (Å²) in [4.78, 5) is 5.10. The number of thiazole rings is 1. The first-order chi connectivity index (χ1) is 12.3. The topological polar surface area (TPSA) is 12.9 Å². The highest BCUT2D eigenvalue weighted by Gasteiger charge is 2.27. The van der Waals surface area contributed by atoms with E-state index in [1.807, 2.05) is 11.3 Å². The van der Waals surface area contributed by atoms with Gasteiger partial charge in [-0.05, 0) is 37.5 Å². The lowest BCUT2D eigenvalue weighted by atomic mass is 9.75. The Morgan fingerprint density at radius 3 is 2.40 bits per heavy atom. The summed E-state index contributed by atoms with van der Waals surface area (Å²) in [5.41, 5.74) is 2.64. The van der Waals surface area contributed by atoms with E-state index in [9.17, 15) is 0 Å². The number of benzene rings is 1. The number of hydrogen-bond donors (Lipinski definition) is 0. The third-order valence-corrected chi connectivity index (χ3v) is 7.09. The van der Waals surface area contributed by atoms with Gasteiger partial charge in [-0.15, -0.1) is 11.3 Å². The molecule has 1 unspecified atom stereocenters. The highest BCUT2D eigenvalue weighted by molar-refractivity contribution is 7.13. The Balaban J connectivity index is 1.77. The lowest BCUT2D eigenvalue weighted by Gasteiger charge is -2.30.